The van der Waals surface area contributed by atoms with E-state index in [0.717, 1.165) is 21.2 Å². The molecule has 0 bridgehead atoms. The first-order chi connectivity index (χ1) is 22.8. The average molecular weight is 663 g/mol. The summed E-state index contributed by atoms with van der Waals surface area (Å²) in [6.07, 6.45) is 0. The van der Waals surface area contributed by atoms with Crippen molar-refractivity contribution in [1.29, 1.82) is 0 Å². The number of hydrogen-bond donors (Lipinski definition) is 2. The van der Waals surface area contributed by atoms with E-state index in [4.69, 9.17) is 24.8 Å². The molecule has 3 aromatic rings. The molecule has 0 aliphatic rings. The smallest absolute Gasteiger partial charge is 0.366 e. The predicted octanol–water partition coefficient (Wildman–Crippen LogP) is 3.32. The summed E-state index contributed by atoms with van der Waals surface area (Å²) in [5.41, 5.74) is 4.29. The molecule has 47 heavy (non-hydrogen) atoms. The maximum absolute atomic E-state index is 12.6. The lowest BCUT2D eigenvalue weighted by Crippen LogP contribution is -2.34. The van der Waals surface area contributed by atoms with Crippen LogP contribution in [0, 0.1) is 0 Å². The molecule has 0 fully saturated rings. The minimum Gasteiger partial charge on any atom is -0.461 e. The van der Waals surface area contributed by atoms with E-state index in [0.29, 0.717) is 5.56 Å². The number of benzene rings is 3. The quantitative estimate of drug-likeness (QED) is 0.0234. The number of hydrogen-bond acceptors (Lipinski definition) is 13. The van der Waals surface area contributed by atoms with Crippen molar-refractivity contribution in [3.05, 3.63) is 96.1 Å². The molecule has 13 nitrogen and oxygen atoms in total. The van der Waals surface area contributed by atoms with Gasteiger partial charge in [0.25, 0.3) is 5.71 Å². The number of carbonyl (C=O) groups is 4. The van der Waals surface area contributed by atoms with Crippen LogP contribution in [0.3, 0.4) is 0 Å². The van der Waals surface area contributed by atoms with Crippen molar-refractivity contribution in [1.82, 2.24) is 5.43 Å². The summed E-state index contributed by atoms with van der Waals surface area (Å²) in [7, 11) is 1.31. The van der Waals surface area contributed by atoms with Crippen LogP contribution < -0.4 is 11.3 Å². The molecule has 0 aromatic heterocycles. The van der Waals surface area contributed by atoms with Crippen molar-refractivity contribution in [2.24, 2.45) is 15.9 Å². The van der Waals surface area contributed by atoms with E-state index in [1.807, 2.05) is 55.5 Å². The number of hydrazone groups is 2. The molecule has 14 heteroatoms. The van der Waals surface area contributed by atoms with Crippen molar-refractivity contribution >= 4 is 57.8 Å². The van der Waals surface area contributed by atoms with Gasteiger partial charge in [0.05, 0.1) is 6.61 Å². The number of hydrazine groups is 1. The molecule has 0 saturated heterocycles. The second-order valence-electron chi connectivity index (χ2n) is 9.39. The van der Waals surface area contributed by atoms with Crippen LogP contribution in [0.25, 0.3) is 0 Å². The Kier molecular flexibility index (Phi) is 14.6. The Morgan fingerprint density at radius 2 is 1.28 bits per heavy atom. The minimum absolute atomic E-state index is 0.00399. The fourth-order valence-corrected chi connectivity index (χ4v) is 4.76. The Morgan fingerprint density at radius 1 is 0.745 bits per heavy atom. The molecule has 3 N–H and O–H groups in total. The molecule has 0 saturated carbocycles. The predicted molar refractivity (Wildman–Crippen MR) is 176 cm³/mol. The molecule has 0 unspecified atom stereocenters. The zero-order chi connectivity index (χ0) is 34.0. The average Bonchev–Trinajstić information content (AvgIpc) is 3.08. The van der Waals surface area contributed by atoms with E-state index >= 15 is 0 Å². The van der Waals surface area contributed by atoms with Crippen molar-refractivity contribution in [2.75, 3.05) is 26.8 Å². The molecule has 0 aliphatic heterocycles. The van der Waals surface area contributed by atoms with Crippen LogP contribution in [-0.2, 0) is 51.3 Å². The van der Waals surface area contributed by atoms with Gasteiger partial charge in [-0.1, -0.05) is 53.2 Å². The SMILES string of the molecule is CCOC(=O)C(=NN)C(=O)OCCN[N+](=C(C)Sc1ccccc1)c1ccc(COC(=O)C(=NC)C(=O)OCc2ccccc2)cc1. The van der Waals surface area contributed by atoms with Gasteiger partial charge in [-0.05, 0) is 54.1 Å². The normalized spacial score (nSPS) is 12.0. The second-order valence-corrected chi connectivity index (χ2v) is 10.7. The standard InChI is InChI=1S/C33H35N5O8S/c1-4-43-32(41)29(37-34)33(42)44-20-19-36-38(23(2)47-27-13-9-6-10-14-27)26-17-15-25(16-18-26)22-46-31(40)28(35-3)30(39)45-21-24-11-7-5-8-12-24/h5-18,36H,4,19-22H2,1-3H3,(H-,34,41,42)/p+1. The number of aliphatic imine (C=N–C) groups is 1. The third kappa shape index (κ3) is 11.4. The number of esters is 4. The lowest BCUT2D eigenvalue weighted by Gasteiger charge is -2.10. The number of thioether (sulfide) groups is 1. The van der Waals surface area contributed by atoms with Gasteiger partial charge in [0, 0.05) is 31.0 Å². The molecule has 0 heterocycles. The van der Waals surface area contributed by atoms with Crippen molar-refractivity contribution in [3.63, 3.8) is 0 Å². The monoisotopic (exact) mass is 662 g/mol. The third-order valence-corrected chi connectivity index (χ3v) is 7.09. The summed E-state index contributed by atoms with van der Waals surface area (Å²) in [6.45, 7) is 3.49. The molecular formula is C33H36N5O8S+. The van der Waals surface area contributed by atoms with Crippen LogP contribution in [0.2, 0.25) is 0 Å². The zero-order valence-corrected chi connectivity index (χ0v) is 27.0. The fourth-order valence-electron chi connectivity index (χ4n) is 3.86. The van der Waals surface area contributed by atoms with Gasteiger partial charge in [-0.3, -0.25) is 4.99 Å². The lowest BCUT2D eigenvalue weighted by molar-refractivity contribution is -0.505. The Labute approximate surface area is 276 Å². The molecule has 3 aromatic carbocycles. The summed E-state index contributed by atoms with van der Waals surface area (Å²) >= 11 is 1.51. The summed E-state index contributed by atoms with van der Waals surface area (Å²) in [5.74, 6) is 1.42. The highest BCUT2D eigenvalue weighted by molar-refractivity contribution is 8.13. The summed E-state index contributed by atoms with van der Waals surface area (Å²) in [4.78, 5) is 53.9. The van der Waals surface area contributed by atoms with Gasteiger partial charge in [-0.15, -0.1) is 0 Å². The number of nitrogens with zero attached hydrogens (tertiary/aromatic N) is 3. The highest BCUT2D eigenvalue weighted by Gasteiger charge is 2.25. The molecule has 0 atom stereocenters. The Balaban J connectivity index is 1.64. The Morgan fingerprint density at radius 3 is 1.83 bits per heavy atom. The largest absolute Gasteiger partial charge is 0.461 e. The number of nitrogens with one attached hydrogen (secondary N) is 1. The molecular weight excluding hydrogens is 626 g/mol. The van der Waals surface area contributed by atoms with Crippen molar-refractivity contribution in [2.45, 2.75) is 32.0 Å². The third-order valence-electron chi connectivity index (χ3n) is 6.11. The van der Waals surface area contributed by atoms with E-state index < -0.39 is 35.3 Å². The van der Waals surface area contributed by atoms with E-state index in [1.54, 1.807) is 48.0 Å². The van der Waals surface area contributed by atoms with Gasteiger partial charge in [0.1, 0.15) is 26.4 Å². The van der Waals surface area contributed by atoms with Gasteiger partial charge in [-0.2, -0.15) is 10.5 Å². The summed E-state index contributed by atoms with van der Waals surface area (Å²) in [5, 5.41) is 4.03. The molecule has 0 radical (unpaired) electrons. The molecule has 246 valence electrons. The van der Waals surface area contributed by atoms with Gasteiger partial charge in [-0.25, -0.2) is 19.2 Å². The van der Waals surface area contributed by atoms with Gasteiger partial charge >= 0.3 is 23.9 Å². The van der Waals surface area contributed by atoms with Crippen molar-refractivity contribution < 1.29 is 42.8 Å². The molecule has 3 rings (SSSR count). The van der Waals surface area contributed by atoms with Crippen LogP contribution >= 0.6 is 11.8 Å². The van der Waals surface area contributed by atoms with Crippen LogP contribution in [0.1, 0.15) is 25.0 Å². The number of carbonyl (C=O) groups excluding carboxylic acids is 4. The van der Waals surface area contributed by atoms with Crippen LogP contribution in [0.4, 0.5) is 5.69 Å². The van der Waals surface area contributed by atoms with E-state index in [9.17, 15) is 19.2 Å². The summed E-state index contributed by atoms with van der Waals surface area (Å²) < 4.78 is 22.3. The highest BCUT2D eigenvalue weighted by atomic mass is 32.2. The fraction of sp³-hybridized carbons (Fsp3) is 0.242. The van der Waals surface area contributed by atoms with Gasteiger partial charge in [0.15, 0.2) is 0 Å². The van der Waals surface area contributed by atoms with Crippen LogP contribution in [0.15, 0.2) is 99.9 Å². The molecule has 0 amide bonds. The van der Waals surface area contributed by atoms with E-state index in [-0.39, 0.29) is 33.0 Å². The number of nitrogens with two attached hydrogens (primary N) is 1. The second kappa shape index (κ2) is 19.1. The van der Waals surface area contributed by atoms with Gasteiger partial charge < -0.3 is 24.8 Å². The zero-order valence-electron chi connectivity index (χ0n) is 26.2. The molecule has 0 aliphatic carbocycles. The van der Waals surface area contributed by atoms with Gasteiger partial charge in [0.2, 0.25) is 16.4 Å². The molecule has 0 spiro atoms. The number of ether oxygens (including phenoxy) is 4. The first kappa shape index (κ1) is 36.0. The highest BCUT2D eigenvalue weighted by Crippen LogP contribution is 2.22. The summed E-state index contributed by atoms with van der Waals surface area (Å²) in [6, 6.07) is 25.9. The Hall–Kier alpha value is -5.50. The first-order valence-corrected chi connectivity index (χ1v) is 15.2. The van der Waals surface area contributed by atoms with E-state index in [1.165, 1.54) is 18.8 Å². The number of rotatable bonds is 15. The lowest BCUT2D eigenvalue weighted by atomic mass is 10.2. The van der Waals surface area contributed by atoms with Crippen LogP contribution in [-0.4, -0.2) is 71.8 Å². The maximum Gasteiger partial charge on any atom is 0.366 e. The minimum atomic E-state index is -1.00. The first-order valence-electron chi connectivity index (χ1n) is 14.4. The Bertz CT molecular complexity index is 1610. The van der Waals surface area contributed by atoms with Crippen LogP contribution in [0.5, 0.6) is 0 Å². The van der Waals surface area contributed by atoms with E-state index in [2.05, 4.69) is 15.5 Å². The topological polar surface area (TPSA) is 171 Å². The maximum atomic E-state index is 12.6. The van der Waals surface area contributed by atoms with Crippen molar-refractivity contribution in [3.8, 4) is 0 Å².